The van der Waals surface area contributed by atoms with Gasteiger partial charge < -0.3 is 15.4 Å². The Morgan fingerprint density at radius 3 is 2.85 bits per heavy atom. The lowest BCUT2D eigenvalue weighted by atomic mass is 10.3. The summed E-state index contributed by atoms with van der Waals surface area (Å²) in [4.78, 5) is 27.6. The van der Waals surface area contributed by atoms with Crippen LogP contribution in [0.4, 0.5) is 24.8 Å². The van der Waals surface area contributed by atoms with Crippen molar-refractivity contribution in [3.63, 3.8) is 0 Å². The van der Waals surface area contributed by atoms with Crippen molar-refractivity contribution < 1.29 is 22.7 Å². The van der Waals surface area contributed by atoms with Crippen molar-refractivity contribution in [1.29, 1.82) is 0 Å². The summed E-state index contributed by atoms with van der Waals surface area (Å²) in [5.41, 5.74) is -0.134. The van der Waals surface area contributed by atoms with Crippen LogP contribution in [-0.2, 0) is 0 Å². The third-order valence-electron chi connectivity index (χ3n) is 3.48. The van der Waals surface area contributed by atoms with Crippen LogP contribution in [0.3, 0.4) is 0 Å². The quantitative estimate of drug-likeness (QED) is 0.737. The highest BCUT2D eigenvalue weighted by Crippen LogP contribution is 2.28. The van der Waals surface area contributed by atoms with Gasteiger partial charge in [0, 0.05) is 12.7 Å². The van der Waals surface area contributed by atoms with Gasteiger partial charge in [-0.2, -0.15) is 9.37 Å². The molecule has 3 rings (SSSR count). The Morgan fingerprint density at radius 1 is 1.31 bits per heavy atom. The highest BCUT2D eigenvalue weighted by Gasteiger charge is 2.24. The zero-order chi connectivity index (χ0) is 18.5. The predicted molar refractivity (Wildman–Crippen MR) is 84.8 cm³/mol. The minimum absolute atomic E-state index is 0.0266. The second-order valence-electron chi connectivity index (χ2n) is 5.59. The molecule has 1 amide bonds. The first-order valence-corrected chi connectivity index (χ1v) is 7.80. The third-order valence-corrected chi connectivity index (χ3v) is 3.48. The molecule has 0 bridgehead atoms. The molecular formula is C15H15F3N6O2. The minimum atomic E-state index is -3.35. The Balaban J connectivity index is 1.68. The number of alkyl halides is 3. The van der Waals surface area contributed by atoms with E-state index in [2.05, 4.69) is 35.3 Å². The van der Waals surface area contributed by atoms with E-state index in [1.165, 1.54) is 12.3 Å². The van der Waals surface area contributed by atoms with Crippen molar-refractivity contribution in [1.82, 2.24) is 19.9 Å². The molecule has 0 aromatic carbocycles. The Kier molecular flexibility index (Phi) is 5.44. The highest BCUT2D eigenvalue weighted by molar-refractivity contribution is 6.03. The van der Waals surface area contributed by atoms with Gasteiger partial charge in [-0.1, -0.05) is 0 Å². The Hall–Kier alpha value is -2.98. The minimum Gasteiger partial charge on any atom is -0.435 e. The van der Waals surface area contributed by atoms with Crippen LogP contribution in [0, 0.1) is 5.92 Å². The van der Waals surface area contributed by atoms with E-state index in [4.69, 9.17) is 0 Å². The SMILES string of the molecule is O=C(Nc1cncnc1OC(F)C(F)F)c1ccnc(NCC2CC2)n1. The fourth-order valence-electron chi connectivity index (χ4n) is 1.97. The Bertz CT molecular complexity index is 775. The maximum Gasteiger partial charge on any atom is 0.304 e. The molecule has 1 atom stereocenters. The largest absolute Gasteiger partial charge is 0.435 e. The van der Waals surface area contributed by atoms with Gasteiger partial charge in [-0.3, -0.25) is 4.79 Å². The van der Waals surface area contributed by atoms with Crippen molar-refractivity contribution in [3.05, 3.63) is 30.5 Å². The van der Waals surface area contributed by atoms with Gasteiger partial charge in [-0.05, 0) is 24.8 Å². The summed E-state index contributed by atoms with van der Waals surface area (Å²) in [5, 5.41) is 5.39. The molecule has 11 heteroatoms. The zero-order valence-electron chi connectivity index (χ0n) is 13.4. The van der Waals surface area contributed by atoms with Crippen molar-refractivity contribution in [3.8, 4) is 5.88 Å². The van der Waals surface area contributed by atoms with E-state index in [0.29, 0.717) is 11.9 Å². The van der Waals surface area contributed by atoms with Gasteiger partial charge in [0.1, 0.15) is 17.7 Å². The summed E-state index contributed by atoms with van der Waals surface area (Å²) in [5.74, 6) is -0.288. The van der Waals surface area contributed by atoms with E-state index in [-0.39, 0.29) is 11.4 Å². The summed E-state index contributed by atoms with van der Waals surface area (Å²) >= 11 is 0. The first-order valence-electron chi connectivity index (χ1n) is 7.80. The average Bonchev–Trinajstić information content (AvgIpc) is 3.46. The number of halogens is 3. The van der Waals surface area contributed by atoms with Crippen LogP contribution in [0.25, 0.3) is 0 Å². The van der Waals surface area contributed by atoms with Crippen molar-refractivity contribution >= 4 is 17.5 Å². The van der Waals surface area contributed by atoms with Crippen LogP contribution in [0.15, 0.2) is 24.8 Å². The Morgan fingerprint density at radius 2 is 2.12 bits per heavy atom. The van der Waals surface area contributed by atoms with Crippen molar-refractivity contribution in [2.75, 3.05) is 17.2 Å². The van der Waals surface area contributed by atoms with Crippen LogP contribution < -0.4 is 15.4 Å². The number of rotatable bonds is 8. The van der Waals surface area contributed by atoms with E-state index in [9.17, 15) is 18.0 Å². The highest BCUT2D eigenvalue weighted by atomic mass is 19.3. The van der Waals surface area contributed by atoms with Gasteiger partial charge in [-0.25, -0.2) is 23.7 Å². The summed E-state index contributed by atoms with van der Waals surface area (Å²) < 4.78 is 42.1. The Labute approximate surface area is 146 Å². The first-order chi connectivity index (χ1) is 12.5. The molecule has 1 aliphatic rings. The van der Waals surface area contributed by atoms with Crippen LogP contribution in [0.5, 0.6) is 5.88 Å². The zero-order valence-corrected chi connectivity index (χ0v) is 13.4. The summed E-state index contributed by atoms with van der Waals surface area (Å²) in [7, 11) is 0. The molecule has 2 aromatic heterocycles. The van der Waals surface area contributed by atoms with Crippen molar-refractivity contribution in [2.45, 2.75) is 25.6 Å². The molecule has 8 nitrogen and oxygen atoms in total. The second kappa shape index (κ2) is 7.93. The van der Waals surface area contributed by atoms with Crippen LogP contribution in [-0.4, -0.2) is 45.2 Å². The maximum atomic E-state index is 13.1. The summed E-state index contributed by atoms with van der Waals surface area (Å²) in [6.07, 6.45) is -0.436. The van der Waals surface area contributed by atoms with Crippen LogP contribution >= 0.6 is 0 Å². The molecule has 138 valence electrons. The topological polar surface area (TPSA) is 102 Å². The number of carbonyl (C=O) groups excluding carboxylic acids is 1. The molecule has 26 heavy (non-hydrogen) atoms. The fourth-order valence-corrected chi connectivity index (χ4v) is 1.97. The standard InChI is InChI=1S/C15H15F3N6O2/c16-11(17)12(18)26-14-10(6-19-7-22-14)23-13(25)9-3-4-20-15(24-9)21-5-8-1-2-8/h3-4,6-8,11-12H,1-2,5H2,(H,23,25)(H,20,21,24). The number of nitrogens with zero attached hydrogens (tertiary/aromatic N) is 4. The molecule has 1 unspecified atom stereocenters. The lowest BCUT2D eigenvalue weighted by Gasteiger charge is -2.13. The number of hydrogen-bond acceptors (Lipinski definition) is 7. The molecule has 2 aromatic rings. The first kappa shape index (κ1) is 17.8. The molecule has 0 saturated heterocycles. The average molecular weight is 368 g/mol. The molecule has 0 aliphatic heterocycles. The number of anilines is 2. The summed E-state index contributed by atoms with van der Waals surface area (Å²) in [6, 6.07) is 1.37. The van der Waals surface area contributed by atoms with Gasteiger partial charge in [-0.15, -0.1) is 0 Å². The third kappa shape index (κ3) is 4.77. The van der Waals surface area contributed by atoms with Crippen LogP contribution in [0.1, 0.15) is 23.3 Å². The van der Waals surface area contributed by atoms with Crippen molar-refractivity contribution in [2.24, 2.45) is 5.92 Å². The monoisotopic (exact) mass is 368 g/mol. The predicted octanol–water partition coefficient (Wildman–Crippen LogP) is 2.28. The normalized spacial score (nSPS) is 14.8. The number of hydrogen-bond donors (Lipinski definition) is 2. The molecule has 1 fully saturated rings. The van der Waals surface area contributed by atoms with E-state index in [0.717, 1.165) is 31.9 Å². The molecular weight excluding hydrogens is 353 g/mol. The number of carbonyl (C=O) groups is 1. The van der Waals surface area contributed by atoms with Gasteiger partial charge in [0.15, 0.2) is 0 Å². The molecule has 2 heterocycles. The van der Waals surface area contributed by atoms with Gasteiger partial charge >= 0.3 is 6.43 Å². The lowest BCUT2D eigenvalue weighted by Crippen LogP contribution is -2.22. The second-order valence-corrected chi connectivity index (χ2v) is 5.59. The van der Waals surface area contributed by atoms with E-state index >= 15 is 0 Å². The molecule has 1 saturated carbocycles. The molecule has 2 N–H and O–H groups in total. The molecule has 0 spiro atoms. The lowest BCUT2D eigenvalue weighted by molar-refractivity contribution is -0.0687. The molecule has 1 aliphatic carbocycles. The fraction of sp³-hybridized carbons (Fsp3) is 0.400. The van der Waals surface area contributed by atoms with Gasteiger partial charge in [0.05, 0.1) is 6.20 Å². The maximum absolute atomic E-state index is 13.1. The van der Waals surface area contributed by atoms with Gasteiger partial charge in [0.25, 0.3) is 12.3 Å². The van der Waals surface area contributed by atoms with E-state index in [1.54, 1.807) is 0 Å². The number of amides is 1. The van der Waals surface area contributed by atoms with Crippen LogP contribution in [0.2, 0.25) is 0 Å². The number of nitrogens with one attached hydrogen (secondary N) is 2. The summed E-state index contributed by atoms with van der Waals surface area (Å²) in [6.45, 7) is 0.723. The van der Waals surface area contributed by atoms with E-state index in [1.807, 2.05) is 0 Å². The number of aromatic nitrogens is 4. The van der Waals surface area contributed by atoms with E-state index < -0.39 is 24.6 Å². The number of ether oxygens (including phenoxy) is 1. The smallest absolute Gasteiger partial charge is 0.304 e. The molecule has 0 radical (unpaired) electrons. The van der Waals surface area contributed by atoms with Gasteiger partial charge in [0.2, 0.25) is 11.8 Å².